The third kappa shape index (κ3) is 8.23. The van der Waals surface area contributed by atoms with Crippen molar-refractivity contribution in [1.29, 1.82) is 0 Å². The molecule has 0 aliphatic rings. The van der Waals surface area contributed by atoms with Crippen molar-refractivity contribution in [3.05, 3.63) is 42.2 Å². The summed E-state index contributed by atoms with van der Waals surface area (Å²) in [6.45, 7) is 3.23. The number of benzene rings is 1. The first kappa shape index (κ1) is 17.4. The van der Waals surface area contributed by atoms with Crippen molar-refractivity contribution in [2.75, 3.05) is 6.54 Å². The Kier molecular flexibility index (Phi) is 6.54. The average Bonchev–Trinajstić information content (AvgIpc) is 2.34. The van der Waals surface area contributed by atoms with Crippen LogP contribution in [-0.4, -0.2) is 18.1 Å². The van der Waals surface area contributed by atoms with Crippen LogP contribution in [0.25, 0.3) is 0 Å². The molecular formula is C13H14F4N2OS. The predicted octanol–water partition coefficient (Wildman–Crippen LogP) is 3.97. The van der Waals surface area contributed by atoms with Crippen LogP contribution in [0.3, 0.4) is 0 Å². The lowest BCUT2D eigenvalue weighted by molar-refractivity contribution is -0.0328. The SMILES string of the molecule is C=C(F)CCNC(=O)NCc1cccc(SC(F)(F)F)c1. The van der Waals surface area contributed by atoms with E-state index in [1.807, 2.05) is 0 Å². The molecule has 0 aliphatic carbocycles. The molecule has 0 saturated carbocycles. The topological polar surface area (TPSA) is 41.1 Å². The predicted molar refractivity (Wildman–Crippen MR) is 73.5 cm³/mol. The van der Waals surface area contributed by atoms with Crippen molar-refractivity contribution in [2.24, 2.45) is 0 Å². The van der Waals surface area contributed by atoms with Crippen LogP contribution in [-0.2, 0) is 6.54 Å². The van der Waals surface area contributed by atoms with E-state index in [0.717, 1.165) is 0 Å². The Morgan fingerprint density at radius 3 is 2.62 bits per heavy atom. The van der Waals surface area contributed by atoms with Crippen LogP contribution in [0, 0.1) is 0 Å². The summed E-state index contributed by atoms with van der Waals surface area (Å²) in [5.41, 5.74) is -3.81. The van der Waals surface area contributed by atoms with Gasteiger partial charge in [-0.05, 0) is 29.5 Å². The Morgan fingerprint density at radius 1 is 1.29 bits per heavy atom. The van der Waals surface area contributed by atoms with Crippen LogP contribution in [0.5, 0.6) is 0 Å². The van der Waals surface area contributed by atoms with Gasteiger partial charge in [-0.25, -0.2) is 9.18 Å². The lowest BCUT2D eigenvalue weighted by Crippen LogP contribution is -2.35. The second-order valence-electron chi connectivity index (χ2n) is 4.07. The first-order valence-corrected chi connectivity index (χ1v) is 6.77. The van der Waals surface area contributed by atoms with Crippen molar-refractivity contribution >= 4 is 17.8 Å². The van der Waals surface area contributed by atoms with Crippen LogP contribution < -0.4 is 10.6 Å². The maximum Gasteiger partial charge on any atom is 0.446 e. The summed E-state index contributed by atoms with van der Waals surface area (Å²) < 4.78 is 49.0. The number of carbonyl (C=O) groups is 1. The summed E-state index contributed by atoms with van der Waals surface area (Å²) in [6, 6.07) is 5.25. The molecule has 0 radical (unpaired) electrons. The van der Waals surface area contributed by atoms with Crippen molar-refractivity contribution in [2.45, 2.75) is 23.4 Å². The fraction of sp³-hybridized carbons (Fsp3) is 0.308. The fourth-order valence-corrected chi connectivity index (χ4v) is 2.03. The molecule has 0 heterocycles. The molecule has 116 valence electrons. The third-order valence-corrected chi connectivity index (χ3v) is 2.99. The van der Waals surface area contributed by atoms with Crippen LogP contribution in [0.2, 0.25) is 0 Å². The molecule has 2 amide bonds. The molecule has 0 bridgehead atoms. The number of hydrogen-bond donors (Lipinski definition) is 2. The van der Waals surface area contributed by atoms with Crippen LogP contribution in [0.1, 0.15) is 12.0 Å². The van der Waals surface area contributed by atoms with Crippen molar-refractivity contribution in [1.82, 2.24) is 10.6 Å². The number of urea groups is 1. The minimum atomic E-state index is -4.35. The van der Waals surface area contributed by atoms with Crippen molar-refractivity contribution in [3.63, 3.8) is 0 Å². The van der Waals surface area contributed by atoms with Crippen LogP contribution >= 0.6 is 11.8 Å². The standard InChI is InChI=1S/C13H14F4N2OS/c1-9(14)5-6-18-12(20)19-8-10-3-2-4-11(7-10)21-13(15,16)17/h2-4,7H,1,5-6,8H2,(H2,18,19,20). The summed E-state index contributed by atoms with van der Waals surface area (Å²) in [6.07, 6.45) is 0.0190. The Labute approximate surface area is 123 Å². The molecule has 0 saturated heterocycles. The molecule has 0 aliphatic heterocycles. The first-order valence-electron chi connectivity index (χ1n) is 5.96. The number of thioether (sulfide) groups is 1. The highest BCUT2D eigenvalue weighted by Gasteiger charge is 2.29. The van der Waals surface area contributed by atoms with E-state index in [1.165, 1.54) is 18.2 Å². The lowest BCUT2D eigenvalue weighted by Gasteiger charge is -2.09. The summed E-state index contributed by atoms with van der Waals surface area (Å²) in [7, 11) is 0. The monoisotopic (exact) mass is 322 g/mol. The van der Waals surface area contributed by atoms with Gasteiger partial charge in [0.15, 0.2) is 0 Å². The van der Waals surface area contributed by atoms with E-state index in [-0.39, 0.29) is 36.2 Å². The van der Waals surface area contributed by atoms with Gasteiger partial charge in [0.1, 0.15) is 0 Å². The Bertz CT molecular complexity index is 505. The normalized spacial score (nSPS) is 11.0. The molecule has 8 heteroatoms. The van der Waals surface area contributed by atoms with E-state index in [9.17, 15) is 22.4 Å². The fourth-order valence-electron chi connectivity index (χ4n) is 1.41. The molecule has 1 rings (SSSR count). The molecule has 2 N–H and O–H groups in total. The second kappa shape index (κ2) is 7.92. The van der Waals surface area contributed by atoms with Gasteiger partial charge in [-0.3, -0.25) is 0 Å². The zero-order valence-corrected chi connectivity index (χ0v) is 11.8. The number of hydrogen-bond acceptors (Lipinski definition) is 2. The number of halogens is 4. The summed E-state index contributed by atoms with van der Waals surface area (Å²) in [5.74, 6) is -0.535. The molecule has 0 unspecified atom stereocenters. The van der Waals surface area contributed by atoms with Gasteiger partial charge >= 0.3 is 11.5 Å². The lowest BCUT2D eigenvalue weighted by atomic mass is 10.2. The van der Waals surface area contributed by atoms with E-state index >= 15 is 0 Å². The molecule has 0 spiro atoms. The van der Waals surface area contributed by atoms with Gasteiger partial charge in [-0.1, -0.05) is 18.7 Å². The van der Waals surface area contributed by atoms with Gasteiger partial charge in [0.05, 0.1) is 5.83 Å². The average molecular weight is 322 g/mol. The van der Waals surface area contributed by atoms with Gasteiger partial charge in [-0.2, -0.15) is 13.2 Å². The zero-order chi connectivity index (χ0) is 15.9. The molecule has 0 aromatic heterocycles. The molecule has 1 aromatic carbocycles. The smallest absolute Gasteiger partial charge is 0.338 e. The van der Waals surface area contributed by atoms with E-state index in [4.69, 9.17) is 0 Å². The van der Waals surface area contributed by atoms with E-state index in [0.29, 0.717) is 5.56 Å². The molecule has 3 nitrogen and oxygen atoms in total. The Hall–Kier alpha value is -1.70. The minimum Gasteiger partial charge on any atom is -0.338 e. The highest BCUT2D eigenvalue weighted by molar-refractivity contribution is 8.00. The maximum atomic E-state index is 12.3. The third-order valence-electron chi connectivity index (χ3n) is 2.27. The van der Waals surface area contributed by atoms with Gasteiger partial charge in [0.2, 0.25) is 0 Å². The number of nitrogens with one attached hydrogen (secondary N) is 2. The zero-order valence-electron chi connectivity index (χ0n) is 11.0. The highest BCUT2D eigenvalue weighted by atomic mass is 32.2. The highest BCUT2D eigenvalue weighted by Crippen LogP contribution is 2.36. The minimum absolute atomic E-state index is 0.0190. The van der Waals surface area contributed by atoms with Crippen molar-refractivity contribution in [3.8, 4) is 0 Å². The van der Waals surface area contributed by atoms with Crippen molar-refractivity contribution < 1.29 is 22.4 Å². The van der Waals surface area contributed by atoms with E-state index in [1.54, 1.807) is 6.07 Å². The largest absolute Gasteiger partial charge is 0.446 e. The number of alkyl halides is 3. The maximum absolute atomic E-state index is 12.3. The summed E-state index contributed by atoms with van der Waals surface area (Å²) in [4.78, 5) is 11.4. The van der Waals surface area contributed by atoms with E-state index < -0.39 is 17.4 Å². The summed E-state index contributed by atoms with van der Waals surface area (Å²) >= 11 is -0.213. The van der Waals surface area contributed by atoms with Gasteiger partial charge in [-0.15, -0.1) is 0 Å². The Morgan fingerprint density at radius 2 is 2.00 bits per heavy atom. The van der Waals surface area contributed by atoms with Crippen LogP contribution in [0.4, 0.5) is 22.4 Å². The van der Waals surface area contributed by atoms with Gasteiger partial charge in [0, 0.05) is 24.4 Å². The first-order chi connectivity index (χ1) is 9.76. The quantitative estimate of drug-likeness (QED) is 0.614. The Balaban J connectivity index is 2.43. The van der Waals surface area contributed by atoms with Gasteiger partial charge < -0.3 is 10.6 Å². The van der Waals surface area contributed by atoms with Gasteiger partial charge in [0.25, 0.3) is 0 Å². The molecule has 0 fully saturated rings. The molecular weight excluding hydrogens is 308 g/mol. The number of carbonyl (C=O) groups excluding carboxylic acids is 1. The summed E-state index contributed by atoms with van der Waals surface area (Å²) in [5, 5.41) is 4.87. The molecule has 21 heavy (non-hydrogen) atoms. The second-order valence-corrected chi connectivity index (χ2v) is 5.21. The number of amides is 2. The number of rotatable bonds is 6. The van der Waals surface area contributed by atoms with Crippen LogP contribution in [0.15, 0.2) is 41.6 Å². The van der Waals surface area contributed by atoms with E-state index in [2.05, 4.69) is 17.2 Å². The molecule has 1 aromatic rings. The molecule has 0 atom stereocenters.